The van der Waals surface area contributed by atoms with Crippen LogP contribution in [-0.4, -0.2) is 23.6 Å². The van der Waals surface area contributed by atoms with Gasteiger partial charge in [-0.05, 0) is 24.3 Å². The van der Waals surface area contributed by atoms with Crippen LogP contribution in [0.25, 0.3) is 0 Å². The predicted octanol–water partition coefficient (Wildman–Crippen LogP) is 0.477. The average Bonchev–Trinajstić information content (AvgIpc) is 2.81. The average molecular weight is 249 g/mol. The smallest absolute Gasteiger partial charge is 0.248 e. The minimum absolute atomic E-state index is 0.0364. The molecule has 2 aromatic rings. The van der Waals surface area contributed by atoms with E-state index in [4.69, 9.17) is 5.26 Å². The third kappa shape index (κ3) is 2.40. The summed E-state index contributed by atoms with van der Waals surface area (Å²) in [6.45, 7) is 0. The summed E-state index contributed by atoms with van der Waals surface area (Å²) in [5, 5.41) is 14.5. The monoisotopic (exact) mass is 249 g/mol. The molecule has 0 saturated carbocycles. The molecule has 2 N–H and O–H groups in total. The molecular weight excluding hydrogens is 242 g/mol. The first-order valence-corrected chi connectivity index (χ1v) is 5.98. The maximum Gasteiger partial charge on any atom is 0.264 e. The molecule has 0 radical (unpaired) electrons. The van der Waals surface area contributed by atoms with Crippen LogP contribution in [0, 0.1) is 11.3 Å². The maximum atomic E-state index is 11.8. The lowest BCUT2D eigenvalue weighted by atomic mass is 10.2. The van der Waals surface area contributed by atoms with Gasteiger partial charge in [0, 0.05) is 0 Å². The van der Waals surface area contributed by atoms with Crippen molar-refractivity contribution >= 4 is 16.0 Å². The quantitative estimate of drug-likeness (QED) is 0.821. The molecule has 0 aliphatic carbocycles. The van der Waals surface area contributed by atoms with E-state index in [-0.39, 0.29) is 10.8 Å². The maximum absolute atomic E-state index is 11.8. The molecule has 17 heavy (non-hydrogen) atoms. The number of benzene rings is 1. The van der Waals surface area contributed by atoms with Crippen LogP contribution in [0.1, 0.15) is 5.56 Å². The van der Waals surface area contributed by atoms with Crippen molar-refractivity contribution in [1.29, 1.82) is 5.26 Å². The number of sulfonamides is 1. The van der Waals surface area contributed by atoms with Gasteiger partial charge in [-0.25, -0.2) is 18.2 Å². The Hall–Kier alpha value is -2.40. The Bertz CT molecular complexity index is 640. The summed E-state index contributed by atoms with van der Waals surface area (Å²) in [4.78, 5) is 3.70. The Morgan fingerprint density at radius 1 is 1.29 bits per heavy atom. The third-order valence-electron chi connectivity index (χ3n) is 1.94. The van der Waals surface area contributed by atoms with E-state index in [0.29, 0.717) is 5.56 Å². The zero-order chi connectivity index (χ0) is 12.3. The summed E-state index contributed by atoms with van der Waals surface area (Å²) in [6.07, 6.45) is 1.19. The molecule has 0 spiro atoms. The Morgan fingerprint density at radius 2 is 2.00 bits per heavy atom. The van der Waals surface area contributed by atoms with Gasteiger partial charge in [-0.15, -0.1) is 0 Å². The van der Waals surface area contributed by atoms with Crippen molar-refractivity contribution in [3.05, 3.63) is 36.2 Å². The second-order valence-electron chi connectivity index (χ2n) is 3.08. The summed E-state index contributed by atoms with van der Waals surface area (Å²) in [6, 6.07) is 7.45. The van der Waals surface area contributed by atoms with Gasteiger partial charge in [0.1, 0.15) is 6.33 Å². The van der Waals surface area contributed by atoms with Crippen LogP contribution < -0.4 is 4.72 Å². The van der Waals surface area contributed by atoms with Gasteiger partial charge in [0.05, 0.1) is 16.5 Å². The molecule has 0 atom stereocenters. The zero-order valence-electron chi connectivity index (χ0n) is 8.45. The van der Waals surface area contributed by atoms with Crippen LogP contribution >= 0.6 is 0 Å². The number of anilines is 1. The number of aromatic amines is 1. The highest BCUT2D eigenvalue weighted by atomic mass is 32.2. The van der Waals surface area contributed by atoms with Crippen molar-refractivity contribution in [2.24, 2.45) is 0 Å². The summed E-state index contributed by atoms with van der Waals surface area (Å²) in [5.74, 6) is 0.0364. The molecule has 0 aliphatic heterocycles. The second-order valence-corrected chi connectivity index (χ2v) is 4.76. The van der Waals surface area contributed by atoms with Crippen molar-refractivity contribution in [2.45, 2.75) is 4.90 Å². The van der Waals surface area contributed by atoms with Crippen LogP contribution in [0.5, 0.6) is 0 Å². The van der Waals surface area contributed by atoms with Gasteiger partial charge < -0.3 is 0 Å². The molecule has 0 aliphatic rings. The molecule has 0 bridgehead atoms. The van der Waals surface area contributed by atoms with Gasteiger partial charge in [-0.3, -0.25) is 0 Å². The lowest BCUT2D eigenvalue weighted by molar-refractivity contribution is 0.601. The minimum Gasteiger partial charge on any atom is -0.248 e. The van der Waals surface area contributed by atoms with E-state index in [1.165, 1.54) is 30.6 Å². The first-order valence-electron chi connectivity index (χ1n) is 4.50. The van der Waals surface area contributed by atoms with Gasteiger partial charge in [-0.1, -0.05) is 0 Å². The molecule has 1 heterocycles. The fourth-order valence-electron chi connectivity index (χ4n) is 1.15. The number of rotatable bonds is 3. The number of nitrogens with one attached hydrogen (secondary N) is 2. The van der Waals surface area contributed by atoms with Gasteiger partial charge >= 0.3 is 0 Å². The van der Waals surface area contributed by atoms with E-state index in [0.717, 1.165) is 0 Å². The lowest BCUT2D eigenvalue weighted by Gasteiger charge is -2.04. The molecule has 0 unspecified atom stereocenters. The van der Waals surface area contributed by atoms with Crippen LogP contribution in [-0.2, 0) is 10.0 Å². The highest BCUT2D eigenvalue weighted by Gasteiger charge is 2.15. The van der Waals surface area contributed by atoms with E-state index in [1.54, 1.807) is 0 Å². The molecule has 86 valence electrons. The van der Waals surface area contributed by atoms with Gasteiger partial charge in [0.15, 0.2) is 0 Å². The zero-order valence-corrected chi connectivity index (χ0v) is 9.27. The van der Waals surface area contributed by atoms with Crippen molar-refractivity contribution in [3.63, 3.8) is 0 Å². The van der Waals surface area contributed by atoms with E-state index in [9.17, 15) is 8.42 Å². The number of nitrogens with zero attached hydrogens (tertiary/aromatic N) is 3. The lowest BCUT2D eigenvalue weighted by Crippen LogP contribution is -2.13. The number of nitriles is 1. The SMILES string of the molecule is N#Cc1ccc(S(=O)(=O)Nc2ncn[nH]2)cc1. The van der Waals surface area contributed by atoms with E-state index < -0.39 is 10.0 Å². The Morgan fingerprint density at radius 3 is 2.53 bits per heavy atom. The summed E-state index contributed by atoms with van der Waals surface area (Å²) >= 11 is 0. The fraction of sp³-hybridized carbons (Fsp3) is 0. The van der Waals surface area contributed by atoms with Gasteiger partial charge in [-0.2, -0.15) is 15.3 Å². The number of hydrogen-bond donors (Lipinski definition) is 2. The Balaban J connectivity index is 2.29. The van der Waals surface area contributed by atoms with Crippen LogP contribution in [0.4, 0.5) is 5.95 Å². The molecule has 0 fully saturated rings. The largest absolute Gasteiger partial charge is 0.264 e. The molecule has 0 amide bonds. The van der Waals surface area contributed by atoms with Gasteiger partial charge in [0.2, 0.25) is 5.95 Å². The van der Waals surface area contributed by atoms with Crippen LogP contribution in [0.3, 0.4) is 0 Å². The predicted molar refractivity (Wildman–Crippen MR) is 58.3 cm³/mol. The van der Waals surface area contributed by atoms with Crippen molar-refractivity contribution < 1.29 is 8.42 Å². The minimum atomic E-state index is -3.70. The highest BCUT2D eigenvalue weighted by Crippen LogP contribution is 2.13. The van der Waals surface area contributed by atoms with Crippen LogP contribution in [0.2, 0.25) is 0 Å². The van der Waals surface area contributed by atoms with E-state index >= 15 is 0 Å². The molecule has 7 nitrogen and oxygen atoms in total. The Kier molecular flexibility index (Phi) is 2.76. The number of hydrogen-bond acceptors (Lipinski definition) is 5. The molecule has 0 saturated heterocycles. The summed E-state index contributed by atoms with van der Waals surface area (Å²) < 4.78 is 25.8. The highest BCUT2D eigenvalue weighted by molar-refractivity contribution is 7.92. The molecule has 1 aromatic heterocycles. The number of aromatic nitrogens is 3. The first-order chi connectivity index (χ1) is 8.12. The standard InChI is InChI=1S/C9H7N5O2S/c10-5-7-1-3-8(4-2-7)17(15,16)14-9-11-6-12-13-9/h1-4,6H,(H2,11,12,13,14). The second kappa shape index (κ2) is 4.23. The molecular formula is C9H7N5O2S. The molecule has 2 rings (SSSR count). The fourth-order valence-corrected chi connectivity index (χ4v) is 2.11. The van der Waals surface area contributed by atoms with Crippen molar-refractivity contribution in [3.8, 4) is 6.07 Å². The van der Waals surface area contributed by atoms with E-state index in [2.05, 4.69) is 19.9 Å². The van der Waals surface area contributed by atoms with Crippen molar-refractivity contribution in [1.82, 2.24) is 15.2 Å². The van der Waals surface area contributed by atoms with Gasteiger partial charge in [0.25, 0.3) is 10.0 Å². The topological polar surface area (TPSA) is 112 Å². The normalized spacial score (nSPS) is 10.8. The summed E-state index contributed by atoms with van der Waals surface area (Å²) in [5.41, 5.74) is 0.392. The Labute approximate surface area is 97.2 Å². The first kappa shape index (κ1) is 11.1. The molecule has 8 heteroatoms. The van der Waals surface area contributed by atoms with E-state index in [1.807, 2.05) is 6.07 Å². The third-order valence-corrected chi connectivity index (χ3v) is 3.29. The molecule has 1 aromatic carbocycles. The van der Waals surface area contributed by atoms with Crippen LogP contribution in [0.15, 0.2) is 35.5 Å². The van der Waals surface area contributed by atoms with Crippen molar-refractivity contribution in [2.75, 3.05) is 4.72 Å². The number of H-pyrrole nitrogens is 1. The summed E-state index contributed by atoms with van der Waals surface area (Å²) in [7, 11) is -3.70.